The van der Waals surface area contributed by atoms with E-state index in [0.717, 1.165) is 38.8 Å². The van der Waals surface area contributed by atoms with E-state index in [-0.39, 0.29) is 13.1 Å². The van der Waals surface area contributed by atoms with Crippen molar-refractivity contribution in [2.75, 3.05) is 6.54 Å². The van der Waals surface area contributed by atoms with Gasteiger partial charge in [0.2, 0.25) is 10.0 Å². The molecule has 0 saturated carbocycles. The van der Waals surface area contributed by atoms with Gasteiger partial charge in [0.05, 0.1) is 12.2 Å². The average Bonchev–Trinajstić information content (AvgIpc) is 3.05. The minimum atomic E-state index is -4.04. The first-order chi connectivity index (χ1) is 12.8. The van der Waals surface area contributed by atoms with Crippen LogP contribution in [0.5, 0.6) is 0 Å². The lowest BCUT2D eigenvalue weighted by atomic mass is 10.1. The quantitative estimate of drug-likeness (QED) is 0.657. The summed E-state index contributed by atoms with van der Waals surface area (Å²) in [5.74, 6) is -1.89. The molecule has 4 nitrogen and oxygen atoms in total. The van der Waals surface area contributed by atoms with Gasteiger partial charge in [-0.15, -0.1) is 11.3 Å². The predicted molar refractivity (Wildman–Crippen MR) is 99.9 cm³/mol. The summed E-state index contributed by atoms with van der Waals surface area (Å²) in [5.41, 5.74) is 3.01. The van der Waals surface area contributed by atoms with Gasteiger partial charge in [-0.3, -0.25) is 0 Å². The molecule has 0 N–H and O–H groups in total. The van der Waals surface area contributed by atoms with Gasteiger partial charge in [-0.1, -0.05) is 29.8 Å². The highest BCUT2D eigenvalue weighted by molar-refractivity contribution is 7.89. The van der Waals surface area contributed by atoms with Gasteiger partial charge in [0.1, 0.15) is 21.5 Å². The van der Waals surface area contributed by atoms with Crippen LogP contribution in [0.2, 0.25) is 0 Å². The molecule has 0 unspecified atom stereocenters. The molecule has 0 saturated heterocycles. The summed E-state index contributed by atoms with van der Waals surface area (Å²) >= 11 is 1.45. The molecule has 4 rings (SSSR count). The van der Waals surface area contributed by atoms with Crippen LogP contribution in [-0.4, -0.2) is 24.3 Å². The molecule has 140 valence electrons. The maximum absolute atomic E-state index is 14.0. The third-order valence-electron chi connectivity index (χ3n) is 4.51. The van der Waals surface area contributed by atoms with Crippen LogP contribution in [0.15, 0.2) is 47.4 Å². The Morgan fingerprint density at radius 2 is 1.85 bits per heavy atom. The highest BCUT2D eigenvalue weighted by Gasteiger charge is 2.32. The maximum atomic E-state index is 14.0. The van der Waals surface area contributed by atoms with Crippen LogP contribution in [0.25, 0.3) is 10.6 Å². The fourth-order valence-corrected chi connectivity index (χ4v) is 5.69. The topological polar surface area (TPSA) is 50.3 Å². The summed E-state index contributed by atoms with van der Waals surface area (Å²) in [6.07, 6.45) is 0.458. The van der Waals surface area contributed by atoms with E-state index < -0.39 is 26.6 Å². The first-order valence-corrected chi connectivity index (χ1v) is 10.6. The zero-order chi connectivity index (χ0) is 19.2. The van der Waals surface area contributed by atoms with E-state index in [1.165, 1.54) is 15.6 Å². The molecule has 0 aliphatic carbocycles. The fraction of sp³-hybridized carbons (Fsp3) is 0.211. The Labute approximate surface area is 160 Å². The standard InChI is InChI=1S/C19H16F2N2O2S2/c1-12-2-4-13(5-3-12)19-22-16-8-9-23(11-17(16)26-19)27(24,25)18-7-6-14(20)10-15(18)21/h2-7,10H,8-9,11H2,1H3. The van der Waals surface area contributed by atoms with Crippen molar-refractivity contribution in [1.82, 2.24) is 9.29 Å². The van der Waals surface area contributed by atoms with Crippen molar-refractivity contribution in [2.24, 2.45) is 0 Å². The van der Waals surface area contributed by atoms with E-state index >= 15 is 0 Å². The normalized spacial score (nSPS) is 14.9. The van der Waals surface area contributed by atoms with Gasteiger partial charge in [-0.05, 0) is 19.1 Å². The van der Waals surface area contributed by atoms with Gasteiger partial charge < -0.3 is 0 Å². The molecule has 0 fully saturated rings. The number of aryl methyl sites for hydroxylation is 1. The van der Waals surface area contributed by atoms with Gasteiger partial charge in [-0.25, -0.2) is 22.2 Å². The van der Waals surface area contributed by atoms with Crippen LogP contribution in [0.1, 0.15) is 16.1 Å². The lowest BCUT2D eigenvalue weighted by Gasteiger charge is -2.25. The Hall–Kier alpha value is -2.16. The zero-order valence-corrected chi connectivity index (χ0v) is 16.1. The van der Waals surface area contributed by atoms with Gasteiger partial charge >= 0.3 is 0 Å². The molecule has 1 aromatic heterocycles. The number of hydrogen-bond acceptors (Lipinski definition) is 4. The Morgan fingerprint density at radius 3 is 2.56 bits per heavy atom. The van der Waals surface area contributed by atoms with Crippen molar-refractivity contribution in [3.63, 3.8) is 0 Å². The molecule has 27 heavy (non-hydrogen) atoms. The number of benzene rings is 2. The third-order valence-corrected chi connectivity index (χ3v) is 7.52. The largest absolute Gasteiger partial charge is 0.246 e. The smallest absolute Gasteiger partial charge is 0.241 e. The molecule has 0 bridgehead atoms. The average molecular weight is 406 g/mol. The van der Waals surface area contributed by atoms with Crippen LogP contribution in [0.3, 0.4) is 0 Å². The van der Waals surface area contributed by atoms with Gasteiger partial charge in [0, 0.05) is 29.5 Å². The van der Waals surface area contributed by atoms with Gasteiger partial charge in [0.15, 0.2) is 0 Å². The van der Waals surface area contributed by atoms with E-state index in [1.54, 1.807) is 0 Å². The number of sulfonamides is 1. The highest BCUT2D eigenvalue weighted by Crippen LogP contribution is 2.34. The van der Waals surface area contributed by atoms with E-state index in [9.17, 15) is 17.2 Å². The van der Waals surface area contributed by atoms with E-state index in [4.69, 9.17) is 0 Å². The Balaban J connectivity index is 1.64. The Bertz CT molecular complexity index is 1110. The second-order valence-electron chi connectivity index (χ2n) is 6.42. The lowest BCUT2D eigenvalue weighted by Crippen LogP contribution is -2.36. The molecular weight excluding hydrogens is 390 g/mol. The van der Waals surface area contributed by atoms with Gasteiger partial charge in [0.25, 0.3) is 0 Å². The van der Waals surface area contributed by atoms with Crippen LogP contribution in [0, 0.1) is 18.6 Å². The molecule has 2 heterocycles. The first kappa shape index (κ1) is 18.2. The Kier molecular flexibility index (Phi) is 4.57. The highest BCUT2D eigenvalue weighted by atomic mass is 32.2. The van der Waals surface area contributed by atoms with Crippen molar-refractivity contribution in [1.29, 1.82) is 0 Å². The van der Waals surface area contributed by atoms with Crippen molar-refractivity contribution < 1.29 is 17.2 Å². The molecule has 0 atom stereocenters. The number of fused-ring (bicyclic) bond motifs is 1. The molecule has 3 aromatic rings. The van der Waals surface area contributed by atoms with E-state index in [2.05, 4.69) is 4.98 Å². The van der Waals surface area contributed by atoms with Crippen molar-refractivity contribution in [2.45, 2.75) is 24.8 Å². The summed E-state index contributed by atoms with van der Waals surface area (Å²) in [6, 6.07) is 10.5. The van der Waals surface area contributed by atoms with E-state index in [0.29, 0.717) is 12.5 Å². The minimum absolute atomic E-state index is 0.137. The van der Waals surface area contributed by atoms with Crippen molar-refractivity contribution in [3.05, 3.63) is 70.2 Å². The second kappa shape index (κ2) is 6.78. The molecule has 2 aromatic carbocycles. The molecule has 1 aliphatic heterocycles. The number of rotatable bonds is 3. The lowest BCUT2D eigenvalue weighted by molar-refractivity contribution is 0.389. The Morgan fingerprint density at radius 1 is 1.11 bits per heavy atom. The third kappa shape index (κ3) is 3.40. The first-order valence-electron chi connectivity index (χ1n) is 8.35. The van der Waals surface area contributed by atoms with Crippen LogP contribution < -0.4 is 0 Å². The SMILES string of the molecule is Cc1ccc(-c2nc3c(s2)CN(S(=O)(=O)c2ccc(F)cc2F)CC3)cc1. The zero-order valence-electron chi connectivity index (χ0n) is 14.4. The molecule has 0 amide bonds. The molecular formula is C19H16F2N2O2S2. The van der Waals surface area contributed by atoms with Crippen LogP contribution >= 0.6 is 11.3 Å². The summed E-state index contributed by atoms with van der Waals surface area (Å²) in [6.45, 7) is 2.36. The second-order valence-corrected chi connectivity index (χ2v) is 9.41. The molecule has 0 spiro atoms. The predicted octanol–water partition coefficient (Wildman–Crippen LogP) is 4.14. The number of thiazole rings is 1. The molecule has 1 aliphatic rings. The number of aromatic nitrogens is 1. The maximum Gasteiger partial charge on any atom is 0.246 e. The minimum Gasteiger partial charge on any atom is -0.241 e. The summed E-state index contributed by atoms with van der Waals surface area (Å²) in [4.78, 5) is 4.99. The molecule has 8 heteroatoms. The summed E-state index contributed by atoms with van der Waals surface area (Å²) in [5, 5.41) is 0.840. The van der Waals surface area contributed by atoms with Gasteiger partial charge in [-0.2, -0.15) is 4.31 Å². The monoisotopic (exact) mass is 406 g/mol. The van der Waals surface area contributed by atoms with Crippen molar-refractivity contribution >= 4 is 21.4 Å². The fourth-order valence-electron chi connectivity index (χ4n) is 3.02. The van der Waals surface area contributed by atoms with E-state index in [1.807, 2.05) is 31.2 Å². The number of hydrogen-bond donors (Lipinski definition) is 0. The molecule has 0 radical (unpaired) electrons. The van der Waals surface area contributed by atoms with Crippen LogP contribution in [0.4, 0.5) is 8.78 Å². The van der Waals surface area contributed by atoms with Crippen molar-refractivity contribution in [3.8, 4) is 10.6 Å². The summed E-state index contributed by atoms with van der Waals surface area (Å²) in [7, 11) is -4.04. The number of nitrogens with zero attached hydrogens (tertiary/aromatic N) is 2. The van der Waals surface area contributed by atoms with Crippen LogP contribution in [-0.2, 0) is 23.0 Å². The summed E-state index contributed by atoms with van der Waals surface area (Å²) < 4.78 is 53.9. The number of halogens is 2.